The first-order valence-electron chi connectivity index (χ1n) is 24.1. The van der Waals surface area contributed by atoms with Crippen molar-refractivity contribution in [3.05, 3.63) is 107 Å². The van der Waals surface area contributed by atoms with E-state index in [4.69, 9.17) is 38.0 Å². The quantitative estimate of drug-likeness (QED) is 0.0581. The van der Waals surface area contributed by atoms with Crippen LogP contribution in [0.5, 0.6) is 0 Å². The van der Waals surface area contributed by atoms with Crippen molar-refractivity contribution in [3.63, 3.8) is 0 Å². The summed E-state index contributed by atoms with van der Waals surface area (Å²) >= 11 is 8.13. The van der Waals surface area contributed by atoms with E-state index in [-0.39, 0.29) is 47.3 Å². The highest BCUT2D eigenvalue weighted by Crippen LogP contribution is 2.60. The van der Waals surface area contributed by atoms with Gasteiger partial charge in [-0.25, -0.2) is 42.6 Å². The fourth-order valence-electron chi connectivity index (χ4n) is 8.69. The van der Waals surface area contributed by atoms with Crippen molar-refractivity contribution in [2.75, 3.05) is 30.9 Å². The molecule has 0 saturated carbocycles. The average Bonchev–Trinajstić information content (AvgIpc) is 4.36. The molecule has 3 saturated heterocycles. The van der Waals surface area contributed by atoms with Crippen LogP contribution in [0.3, 0.4) is 0 Å². The van der Waals surface area contributed by atoms with Gasteiger partial charge in [-0.3, -0.25) is 41.8 Å². The zero-order valence-electron chi connectivity index (χ0n) is 42.0. The monoisotopic (exact) mass is 1180 g/mol. The summed E-state index contributed by atoms with van der Waals surface area (Å²) in [4.78, 5) is 84.8. The third kappa shape index (κ3) is 12.6. The van der Waals surface area contributed by atoms with Crippen molar-refractivity contribution in [2.45, 2.75) is 95.2 Å². The van der Waals surface area contributed by atoms with E-state index in [0.29, 0.717) is 16.8 Å². The fraction of sp³-hybridized carbons (Fsp3) is 0.413. The number of halogens is 2. The van der Waals surface area contributed by atoms with E-state index < -0.39 is 129 Å². The van der Waals surface area contributed by atoms with Crippen molar-refractivity contribution in [3.8, 4) is 0 Å². The number of hydrogen-bond donors (Lipinski definition) is 8. The van der Waals surface area contributed by atoms with Crippen molar-refractivity contribution >= 4 is 95.6 Å². The van der Waals surface area contributed by atoms with Crippen molar-refractivity contribution in [2.24, 2.45) is 11.7 Å². The van der Waals surface area contributed by atoms with Crippen molar-refractivity contribution in [1.29, 1.82) is 0 Å². The number of aromatic nitrogens is 7. The number of nitrogens with one attached hydrogen (secondary N) is 4. The predicted octanol–water partition coefficient (Wildman–Crippen LogP) is 4.54. The van der Waals surface area contributed by atoms with Crippen molar-refractivity contribution in [1.82, 2.24) is 44.3 Å². The summed E-state index contributed by atoms with van der Waals surface area (Å²) in [7, 11) is 1.48. The third-order valence-corrected chi connectivity index (χ3v) is 16.2. The van der Waals surface area contributed by atoms with E-state index in [0.717, 1.165) is 34.3 Å². The number of aromatic amines is 1. The van der Waals surface area contributed by atoms with Crippen LogP contribution in [0, 0.1) is 11.7 Å². The standard InChI is InChI=1S/C46H52F2N12O15P2S2/c1-21(2)32(49)43(65)55-22(3)40(62)56-25-11-9-23(10-12-25)15-69-46(66)58(4)13-24-7-5-6-8-26(24)41(63)57-37-33-39(52-18-50-37)60(20-54-33)44-31(48)35-29(73-44)17-71-77(68,79)75-36-34(61)28(16-70-76(67,78)74-35)72-45(36)59-14-27(47)30-38(59)51-19-53-42(30)64/h5-12,14,18-22,28-29,31-32,34-36,44-45,61H,13,15-17,49H2,1-4H3,(H,55,65)(H,56,62)(H,67,78)(H,68,79)(H,51,53,64)(H,50,52,57,63)/t22-,28+,29+,31+,32-,34+,35+,36+,44+,45+,76+,77+/m0/s1. The highest BCUT2D eigenvalue weighted by atomic mass is 32.7. The molecular formula is C46H52F2N12O15P2S2. The van der Waals surface area contributed by atoms with Crippen LogP contribution in [-0.2, 0) is 64.2 Å². The molecule has 0 aliphatic carbocycles. The number of ether oxygens (including phenoxy) is 3. The minimum atomic E-state index is -4.62. The first-order valence-corrected chi connectivity index (χ1v) is 29.5. The molecule has 0 unspecified atom stereocenters. The number of H-pyrrole nitrogens is 1. The van der Waals surface area contributed by atoms with Gasteiger partial charge in [-0.2, -0.15) is 0 Å². The number of amides is 4. The Labute approximate surface area is 456 Å². The molecule has 3 aliphatic heterocycles. The van der Waals surface area contributed by atoms with Gasteiger partial charge in [-0.1, -0.05) is 68.7 Å². The van der Waals surface area contributed by atoms with Gasteiger partial charge in [0.25, 0.3) is 11.5 Å². The summed E-state index contributed by atoms with van der Waals surface area (Å²) in [5, 5.41) is 18.8. The number of aliphatic hydroxyl groups is 1. The molecule has 0 radical (unpaired) electrons. The Morgan fingerprint density at radius 3 is 2.32 bits per heavy atom. The zero-order chi connectivity index (χ0) is 56.7. The number of hydrogen-bond acceptors (Lipinski definition) is 20. The first-order chi connectivity index (χ1) is 37.5. The van der Waals surface area contributed by atoms with Gasteiger partial charge in [0.1, 0.15) is 54.9 Å². The van der Waals surface area contributed by atoms with E-state index in [2.05, 4.69) is 65.4 Å². The Morgan fingerprint density at radius 1 is 0.911 bits per heavy atom. The molecule has 0 spiro atoms. The van der Waals surface area contributed by atoms with Crippen LogP contribution in [0.4, 0.5) is 25.1 Å². The van der Waals surface area contributed by atoms with E-state index in [1.54, 1.807) is 56.3 Å². The molecule has 9 rings (SSSR count). The molecule has 12 atom stereocenters. The lowest BCUT2D eigenvalue weighted by atomic mass is 10.0. The zero-order valence-corrected chi connectivity index (χ0v) is 45.6. The SMILES string of the molecule is CC(C)[C@H](N)C(=O)N[C@@H](C)C(=O)Nc1ccc(COC(=O)N(C)Cc2ccccc2C(=O)Nc2ncnc3c2ncn3[C@@H]2O[C@@H]3CO[P@@](=O)(S)O[C@@H]4[C@H](O)[C@@H](CO[P@@](=O)(S)O[C@H]3[C@H]2F)O[C@H]4n2cc(F)c3c(=O)[nH]cnc32)cc1. The minimum Gasteiger partial charge on any atom is -0.445 e. The maximum absolute atomic E-state index is 16.8. The normalized spacial score (nSPS) is 27.0. The maximum Gasteiger partial charge on any atom is 0.410 e. The van der Waals surface area contributed by atoms with Gasteiger partial charge in [0.2, 0.25) is 11.8 Å². The van der Waals surface area contributed by atoms with Gasteiger partial charge >= 0.3 is 19.7 Å². The number of imidazole rings is 1. The molecule has 3 aliphatic rings. The van der Waals surface area contributed by atoms with E-state index in [9.17, 15) is 38.2 Å². The van der Waals surface area contributed by atoms with Gasteiger partial charge in [-0.05, 0) is 42.2 Å². The second-order valence-electron chi connectivity index (χ2n) is 18.8. The summed E-state index contributed by atoms with van der Waals surface area (Å²) in [6, 6.07) is 11.3. The topological polar surface area (TPSA) is 347 Å². The van der Waals surface area contributed by atoms with Gasteiger partial charge in [0.05, 0.1) is 31.9 Å². The number of fused-ring (bicyclic) bond motifs is 5. The van der Waals surface area contributed by atoms with E-state index >= 15 is 8.78 Å². The second-order valence-corrected chi connectivity index (χ2v) is 24.6. The lowest BCUT2D eigenvalue weighted by Crippen LogP contribution is -2.50. The van der Waals surface area contributed by atoms with Crippen molar-refractivity contribution < 1.29 is 74.5 Å². The van der Waals surface area contributed by atoms with Gasteiger partial charge in [0.15, 0.2) is 47.1 Å². The Kier molecular flexibility index (Phi) is 17.1. The number of aliphatic hydroxyl groups excluding tert-OH is 1. The molecule has 7 N–H and O–H groups in total. The number of thiol groups is 2. The number of carbonyl (C=O) groups excluding carboxylic acids is 4. The molecule has 79 heavy (non-hydrogen) atoms. The molecular weight excluding hydrogens is 1120 g/mol. The van der Waals surface area contributed by atoms with Crippen LogP contribution in [-0.4, -0.2) is 137 Å². The molecule has 27 nitrogen and oxygen atoms in total. The Morgan fingerprint density at radius 2 is 1.59 bits per heavy atom. The molecule has 6 aromatic rings. The Hall–Kier alpha value is -6.21. The van der Waals surface area contributed by atoms with E-state index in [1.165, 1.54) is 24.9 Å². The average molecular weight is 1180 g/mol. The lowest BCUT2D eigenvalue weighted by molar-refractivity contribution is -0.127. The molecule has 3 fully saturated rings. The second kappa shape index (κ2) is 23.5. The summed E-state index contributed by atoms with van der Waals surface area (Å²) in [6.07, 6.45) is -10.4. The number of nitrogens with two attached hydrogens (primary N) is 1. The third-order valence-electron chi connectivity index (χ3n) is 12.9. The highest BCUT2D eigenvalue weighted by molar-refractivity contribution is 8.44. The maximum atomic E-state index is 16.8. The smallest absolute Gasteiger partial charge is 0.410 e. The van der Waals surface area contributed by atoms with Crippen LogP contribution in [0.1, 0.15) is 54.7 Å². The van der Waals surface area contributed by atoms with Crippen LogP contribution in [0.2, 0.25) is 0 Å². The lowest BCUT2D eigenvalue weighted by Gasteiger charge is -2.26. The number of anilines is 2. The first kappa shape index (κ1) is 57.5. The summed E-state index contributed by atoms with van der Waals surface area (Å²) < 4.78 is 101. The predicted molar refractivity (Wildman–Crippen MR) is 281 cm³/mol. The molecule has 422 valence electrons. The molecule has 4 aromatic heterocycles. The van der Waals surface area contributed by atoms with Crippen LogP contribution >= 0.6 is 38.1 Å². The minimum absolute atomic E-state index is 0.0277. The Balaban J connectivity index is 0.841. The van der Waals surface area contributed by atoms with Crippen LogP contribution in [0.15, 0.2) is 78.5 Å². The summed E-state index contributed by atoms with van der Waals surface area (Å²) in [6.45, 7) is -5.87. The van der Waals surface area contributed by atoms with Crippen LogP contribution in [0.25, 0.3) is 22.2 Å². The summed E-state index contributed by atoms with van der Waals surface area (Å²) in [5.74, 6) is -2.80. The molecule has 2 bridgehead atoms. The number of rotatable bonds is 13. The molecule has 7 heterocycles. The van der Waals surface area contributed by atoms with Gasteiger partial charge in [0, 0.05) is 31.0 Å². The Bertz CT molecular complexity index is 3450. The number of benzene rings is 2. The number of carbonyl (C=O) groups is 4. The molecule has 4 amide bonds. The number of nitrogens with zero attached hydrogens (tertiary/aromatic N) is 7. The van der Waals surface area contributed by atoms with E-state index in [1.807, 2.05) is 0 Å². The van der Waals surface area contributed by atoms with Crippen LogP contribution < -0.4 is 27.2 Å². The molecule has 2 aromatic carbocycles. The molecule has 33 heteroatoms. The fourth-order valence-corrected chi connectivity index (χ4v) is 11.6. The highest BCUT2D eigenvalue weighted by Gasteiger charge is 2.54. The summed E-state index contributed by atoms with van der Waals surface area (Å²) in [5.41, 5.74) is 6.32. The number of alkyl halides is 1. The van der Waals surface area contributed by atoms with Gasteiger partial charge < -0.3 is 55.5 Å². The van der Waals surface area contributed by atoms with Gasteiger partial charge in [-0.15, -0.1) is 0 Å². The largest absolute Gasteiger partial charge is 0.445 e.